The van der Waals surface area contributed by atoms with Crippen LogP contribution < -0.4 is 0 Å². The standard InChI is InChI=1S/C4H16O4Si4.C4H12O2Si.H6Si2/c1-9-5-10(2)7-12(4)8-11(3)6-9;1-5-7(3,4)6-2;1-2/h9-12H,1-4H3;1-4H3;1-2H3. The van der Waals surface area contributed by atoms with E-state index < -0.39 is 45.7 Å². The van der Waals surface area contributed by atoms with Crippen molar-refractivity contribution in [3.05, 3.63) is 0 Å². The zero-order valence-corrected chi connectivity index (χ0v) is 24.9. The van der Waals surface area contributed by atoms with E-state index in [9.17, 15) is 0 Å². The molecular formula is C8H34O6Si7. The van der Waals surface area contributed by atoms with Gasteiger partial charge in [-0.05, 0) is 58.8 Å². The van der Waals surface area contributed by atoms with E-state index in [4.69, 9.17) is 25.3 Å². The molecule has 6 nitrogen and oxygen atoms in total. The summed E-state index contributed by atoms with van der Waals surface area (Å²) in [4.78, 5) is 0. The molecule has 0 unspecified atom stereocenters. The maximum Gasteiger partial charge on any atom is 0.331 e. The van der Waals surface area contributed by atoms with Crippen molar-refractivity contribution < 1.29 is 25.3 Å². The highest BCUT2D eigenvalue weighted by molar-refractivity contribution is 6.75. The molecular weight excluding hydrogens is 389 g/mol. The zero-order chi connectivity index (χ0) is 17.1. The molecule has 0 saturated carbocycles. The zero-order valence-electron chi connectivity index (χ0n) is 15.3. The molecule has 1 aliphatic rings. The van der Waals surface area contributed by atoms with E-state index in [-0.39, 0.29) is 0 Å². The van der Waals surface area contributed by atoms with Crippen LogP contribution in [0.2, 0.25) is 39.3 Å². The lowest BCUT2D eigenvalue weighted by atomic mass is 11.8. The van der Waals surface area contributed by atoms with Crippen LogP contribution in [0.5, 0.6) is 0 Å². The van der Waals surface area contributed by atoms with Crippen LogP contribution in [0.3, 0.4) is 0 Å². The van der Waals surface area contributed by atoms with Crippen LogP contribution in [0.4, 0.5) is 0 Å². The quantitative estimate of drug-likeness (QED) is 0.484. The first-order valence-electron chi connectivity index (χ1n) is 7.42. The average molecular weight is 423 g/mol. The third kappa shape index (κ3) is 14.6. The summed E-state index contributed by atoms with van der Waals surface area (Å²) < 4.78 is 32.6. The monoisotopic (exact) mass is 422 g/mol. The molecule has 0 bridgehead atoms. The summed E-state index contributed by atoms with van der Waals surface area (Å²) in [5.41, 5.74) is 0. The smallest absolute Gasteiger partial charge is 0.331 e. The van der Waals surface area contributed by atoms with Crippen LogP contribution in [0.15, 0.2) is 0 Å². The second-order valence-electron chi connectivity index (χ2n) is 4.62. The van der Waals surface area contributed by atoms with Gasteiger partial charge in [-0.1, -0.05) is 0 Å². The summed E-state index contributed by atoms with van der Waals surface area (Å²) in [6.07, 6.45) is 0. The van der Waals surface area contributed by atoms with Gasteiger partial charge in [0.1, 0.15) is 0 Å². The summed E-state index contributed by atoms with van der Waals surface area (Å²) in [7, 11) is -1.07. The largest absolute Gasteiger partial charge is 0.420 e. The van der Waals surface area contributed by atoms with Crippen molar-refractivity contribution in [2.75, 3.05) is 14.2 Å². The number of hydrogen-bond donors (Lipinski definition) is 0. The maximum atomic E-state index is 5.65. The Bertz CT molecular complexity index is 203. The SMILES string of the molecule is CO[Si](C)(C)OC.C[SiH]1O[SiH](C)O[SiH](C)O[SiH](C)O1.[SiH3][SiH3]. The lowest BCUT2D eigenvalue weighted by Crippen LogP contribution is -2.44. The van der Waals surface area contributed by atoms with Crippen molar-refractivity contribution in [1.29, 1.82) is 0 Å². The molecule has 0 aromatic heterocycles. The lowest BCUT2D eigenvalue weighted by molar-refractivity contribution is 0.258. The summed E-state index contributed by atoms with van der Waals surface area (Å²) in [6.45, 7) is 12.1. The van der Waals surface area contributed by atoms with Gasteiger partial charge >= 0.3 is 8.56 Å². The Morgan fingerprint density at radius 3 is 0.952 bits per heavy atom. The Labute approximate surface area is 144 Å². The second kappa shape index (κ2) is 13.7. The second-order valence-corrected chi connectivity index (χ2v) is 17.1. The highest BCUT2D eigenvalue weighted by Crippen LogP contribution is 2.06. The van der Waals surface area contributed by atoms with E-state index in [0.717, 1.165) is 0 Å². The fourth-order valence-corrected chi connectivity index (χ4v) is 13.4. The van der Waals surface area contributed by atoms with Crippen LogP contribution in [-0.2, 0) is 25.3 Å². The van der Waals surface area contributed by atoms with Gasteiger partial charge in [0.15, 0.2) is 0 Å². The number of hydrogen-bond acceptors (Lipinski definition) is 6. The van der Waals surface area contributed by atoms with Crippen LogP contribution >= 0.6 is 0 Å². The highest BCUT2D eigenvalue weighted by Gasteiger charge is 2.25. The van der Waals surface area contributed by atoms with Gasteiger partial charge in [-0.2, -0.15) is 0 Å². The van der Waals surface area contributed by atoms with Gasteiger partial charge < -0.3 is 25.3 Å². The fraction of sp³-hybridized carbons (Fsp3) is 1.00. The normalized spacial score (nSPS) is 30.3. The summed E-state index contributed by atoms with van der Waals surface area (Å²) in [5.74, 6) is 0. The summed E-state index contributed by atoms with van der Waals surface area (Å²) in [5, 5.41) is 0. The van der Waals surface area contributed by atoms with E-state index >= 15 is 0 Å². The average Bonchev–Trinajstić information content (AvgIpc) is 2.39. The van der Waals surface area contributed by atoms with E-state index in [1.54, 1.807) is 14.2 Å². The number of rotatable bonds is 2. The lowest BCUT2D eigenvalue weighted by Gasteiger charge is -2.28. The maximum absolute atomic E-state index is 5.65. The molecule has 0 amide bonds. The topological polar surface area (TPSA) is 55.4 Å². The Morgan fingerprint density at radius 2 is 0.857 bits per heavy atom. The molecule has 1 fully saturated rings. The van der Waals surface area contributed by atoms with Gasteiger partial charge in [-0.15, -0.1) is 0 Å². The van der Waals surface area contributed by atoms with E-state index in [1.165, 1.54) is 19.5 Å². The molecule has 0 aromatic rings. The van der Waals surface area contributed by atoms with Crippen LogP contribution in [0.25, 0.3) is 0 Å². The van der Waals surface area contributed by atoms with Gasteiger partial charge in [0, 0.05) is 14.2 Å². The van der Waals surface area contributed by atoms with Gasteiger partial charge in [-0.3, -0.25) is 0 Å². The van der Waals surface area contributed by atoms with Crippen LogP contribution in [-0.4, -0.2) is 79.4 Å². The molecule has 0 spiro atoms. The Balaban J connectivity index is 0. The van der Waals surface area contributed by atoms with Crippen molar-refractivity contribution in [3.63, 3.8) is 0 Å². The first-order valence-corrected chi connectivity index (χ1v) is 26.6. The molecule has 130 valence electrons. The summed E-state index contributed by atoms with van der Waals surface area (Å²) >= 11 is 0. The van der Waals surface area contributed by atoms with Crippen molar-refractivity contribution in [3.8, 4) is 0 Å². The van der Waals surface area contributed by atoms with Gasteiger partial charge in [0.05, 0.1) is 0 Å². The minimum atomic E-state index is -1.65. The molecule has 0 N–H and O–H groups in total. The molecule has 0 atom stereocenters. The fourth-order valence-electron chi connectivity index (χ4n) is 1.29. The molecule has 0 radical (unpaired) electrons. The Kier molecular flexibility index (Phi) is 16.0. The van der Waals surface area contributed by atoms with E-state index in [0.29, 0.717) is 0 Å². The third-order valence-electron chi connectivity index (χ3n) is 2.52. The molecule has 0 aromatic carbocycles. The predicted octanol–water partition coefficient (Wildman–Crippen LogP) is -1.92. The van der Waals surface area contributed by atoms with Crippen LogP contribution in [0, 0.1) is 0 Å². The Hall–Kier alpha value is 1.28. The van der Waals surface area contributed by atoms with E-state index in [2.05, 4.69) is 0 Å². The van der Waals surface area contributed by atoms with Crippen molar-refractivity contribution in [1.82, 2.24) is 0 Å². The third-order valence-corrected chi connectivity index (χ3v) is 16.7. The molecule has 1 heterocycles. The van der Waals surface area contributed by atoms with Crippen molar-refractivity contribution >= 4 is 65.2 Å². The molecule has 1 saturated heterocycles. The molecule has 0 aliphatic carbocycles. The highest BCUT2D eigenvalue weighted by atomic mass is 29.1. The Morgan fingerprint density at radius 1 is 0.667 bits per heavy atom. The minimum Gasteiger partial charge on any atom is -0.420 e. The first kappa shape index (κ1) is 24.5. The van der Waals surface area contributed by atoms with E-state index in [1.807, 2.05) is 39.3 Å². The van der Waals surface area contributed by atoms with Crippen molar-refractivity contribution in [2.45, 2.75) is 39.3 Å². The predicted molar refractivity (Wildman–Crippen MR) is 108 cm³/mol. The summed E-state index contributed by atoms with van der Waals surface area (Å²) in [6, 6.07) is 0. The molecule has 1 rings (SSSR count). The van der Waals surface area contributed by atoms with Gasteiger partial charge in [0.2, 0.25) is 0 Å². The van der Waals surface area contributed by atoms with Crippen LogP contribution in [0.1, 0.15) is 0 Å². The van der Waals surface area contributed by atoms with Gasteiger partial charge in [0.25, 0.3) is 37.1 Å². The molecule has 13 heteroatoms. The minimum absolute atomic E-state index is 1.42. The molecule has 21 heavy (non-hydrogen) atoms. The van der Waals surface area contributed by atoms with Crippen molar-refractivity contribution in [2.24, 2.45) is 0 Å². The van der Waals surface area contributed by atoms with Gasteiger partial charge in [-0.25, -0.2) is 0 Å². The first-order chi connectivity index (χ1) is 9.70. The molecule has 1 aliphatic heterocycles.